The Labute approximate surface area is 97.3 Å². The number of nitrogens with zero attached hydrogens (tertiary/aromatic N) is 1. The second kappa shape index (κ2) is 3.94. The average Bonchev–Trinajstić information content (AvgIpc) is 2.27. The predicted molar refractivity (Wildman–Crippen MR) is 59.0 cm³/mol. The number of carbonyl (C=O) groups is 1. The Hall–Kier alpha value is -1.73. The maximum absolute atomic E-state index is 11.9. The van der Waals surface area contributed by atoms with Crippen LogP contribution in [0.1, 0.15) is 15.9 Å². The van der Waals surface area contributed by atoms with Gasteiger partial charge in [0.2, 0.25) is 0 Å². The maximum Gasteiger partial charge on any atom is 0.281 e. The highest BCUT2D eigenvalue weighted by molar-refractivity contribution is 7.88. The van der Waals surface area contributed by atoms with Crippen LogP contribution in [0.4, 0.5) is 0 Å². The van der Waals surface area contributed by atoms with Crippen LogP contribution in [-0.4, -0.2) is 34.9 Å². The molecule has 17 heavy (non-hydrogen) atoms. The molecule has 0 amide bonds. The molecule has 2 N–H and O–H groups in total. The summed E-state index contributed by atoms with van der Waals surface area (Å²) in [5, 5.41) is 9.73. The fraction of sp³-hybridized carbons (Fsp3) is 0.200. The van der Waals surface area contributed by atoms with Gasteiger partial charge in [0.15, 0.2) is 11.0 Å². The lowest BCUT2D eigenvalue weighted by molar-refractivity contribution is 0.0996. The Morgan fingerprint density at radius 1 is 1.29 bits per heavy atom. The standard InChI is InChI=1S/C10H9NO5S/c12-9-7-4-2-1-3-6(7)5-8(11-13)10(9)17(14,15)16/h1-4,10,13H,5H2,(H,14,15,16). The maximum atomic E-state index is 11.9. The van der Waals surface area contributed by atoms with Gasteiger partial charge in [-0.25, -0.2) is 0 Å². The molecule has 7 heteroatoms. The fourth-order valence-electron chi connectivity index (χ4n) is 1.89. The van der Waals surface area contributed by atoms with E-state index in [2.05, 4.69) is 5.16 Å². The van der Waals surface area contributed by atoms with Crippen molar-refractivity contribution in [3.8, 4) is 0 Å². The number of hydrogen-bond acceptors (Lipinski definition) is 5. The van der Waals surface area contributed by atoms with Crippen molar-refractivity contribution in [3.05, 3.63) is 35.4 Å². The third-order valence-electron chi connectivity index (χ3n) is 2.62. The molecule has 0 bridgehead atoms. The van der Waals surface area contributed by atoms with Crippen LogP contribution >= 0.6 is 0 Å². The smallest absolute Gasteiger partial charge is 0.281 e. The lowest BCUT2D eigenvalue weighted by Gasteiger charge is -2.21. The molecule has 0 radical (unpaired) electrons. The molecule has 6 nitrogen and oxygen atoms in total. The number of oxime groups is 1. The molecule has 0 heterocycles. The normalized spacial score (nSPS) is 22.5. The number of hydrogen-bond donors (Lipinski definition) is 2. The number of benzene rings is 1. The molecule has 0 saturated heterocycles. The summed E-state index contributed by atoms with van der Waals surface area (Å²) in [6.07, 6.45) is 0.0167. The highest BCUT2D eigenvalue weighted by atomic mass is 32.2. The Balaban J connectivity index is 2.63. The Bertz CT molecular complexity index is 605. The monoisotopic (exact) mass is 255 g/mol. The van der Waals surface area contributed by atoms with Crippen LogP contribution in [0.3, 0.4) is 0 Å². The third-order valence-corrected chi connectivity index (χ3v) is 3.70. The van der Waals surface area contributed by atoms with Gasteiger partial charge in [-0.2, -0.15) is 8.42 Å². The summed E-state index contributed by atoms with van der Waals surface area (Å²) in [7, 11) is -4.62. The van der Waals surface area contributed by atoms with E-state index < -0.39 is 21.2 Å². The predicted octanol–water partition coefficient (Wildman–Crippen LogP) is 0.512. The van der Waals surface area contributed by atoms with Gasteiger partial charge in [-0.05, 0) is 5.56 Å². The first-order valence-corrected chi connectivity index (χ1v) is 6.24. The van der Waals surface area contributed by atoms with Crippen molar-refractivity contribution in [1.82, 2.24) is 0 Å². The van der Waals surface area contributed by atoms with Gasteiger partial charge in [-0.3, -0.25) is 9.35 Å². The van der Waals surface area contributed by atoms with Gasteiger partial charge in [0, 0.05) is 12.0 Å². The number of carbonyl (C=O) groups excluding carboxylic acids is 1. The van der Waals surface area contributed by atoms with Crippen LogP contribution in [0.5, 0.6) is 0 Å². The Kier molecular flexibility index (Phi) is 2.72. The second-order valence-corrected chi connectivity index (χ2v) is 5.19. The summed E-state index contributed by atoms with van der Waals surface area (Å²) in [5.74, 6) is -0.776. The molecule has 0 saturated carbocycles. The molecule has 1 aromatic carbocycles. The van der Waals surface area contributed by atoms with E-state index in [-0.39, 0.29) is 17.7 Å². The third kappa shape index (κ3) is 1.94. The van der Waals surface area contributed by atoms with Gasteiger partial charge in [-0.1, -0.05) is 29.4 Å². The van der Waals surface area contributed by atoms with Crippen molar-refractivity contribution in [3.63, 3.8) is 0 Å². The first kappa shape index (κ1) is 11.7. The topological polar surface area (TPSA) is 104 Å². The highest BCUT2D eigenvalue weighted by Gasteiger charge is 2.41. The van der Waals surface area contributed by atoms with E-state index in [0.717, 1.165) is 0 Å². The van der Waals surface area contributed by atoms with Crippen molar-refractivity contribution >= 4 is 21.6 Å². The zero-order chi connectivity index (χ0) is 12.6. The summed E-state index contributed by atoms with van der Waals surface area (Å²) in [6, 6.07) is 6.40. The Morgan fingerprint density at radius 3 is 2.53 bits per heavy atom. The zero-order valence-corrected chi connectivity index (χ0v) is 9.38. The van der Waals surface area contributed by atoms with Crippen LogP contribution < -0.4 is 0 Å². The molecule has 0 fully saturated rings. The number of Topliss-reactive ketones (excluding diaryl/α,β-unsaturated/α-hetero) is 1. The SMILES string of the molecule is O=C1c2ccccc2CC(=NO)C1S(=O)(=O)O. The van der Waals surface area contributed by atoms with Crippen molar-refractivity contribution in [2.24, 2.45) is 5.16 Å². The zero-order valence-electron chi connectivity index (χ0n) is 8.57. The van der Waals surface area contributed by atoms with Crippen molar-refractivity contribution in [1.29, 1.82) is 0 Å². The molecule has 1 atom stereocenters. The summed E-state index contributed by atoms with van der Waals surface area (Å²) < 4.78 is 31.2. The molecule has 2 rings (SSSR count). The lowest BCUT2D eigenvalue weighted by Crippen LogP contribution is -2.42. The van der Waals surface area contributed by atoms with Crippen molar-refractivity contribution in [2.45, 2.75) is 11.7 Å². The molecule has 1 aliphatic rings. The number of fused-ring (bicyclic) bond motifs is 1. The minimum Gasteiger partial charge on any atom is -0.411 e. The average molecular weight is 255 g/mol. The lowest BCUT2D eigenvalue weighted by atomic mass is 9.89. The molecule has 0 aromatic heterocycles. The molecule has 90 valence electrons. The van der Waals surface area contributed by atoms with Gasteiger partial charge in [0.05, 0.1) is 5.71 Å². The fourth-order valence-corrected chi connectivity index (χ4v) is 2.76. The molecule has 0 spiro atoms. The highest BCUT2D eigenvalue weighted by Crippen LogP contribution is 2.23. The second-order valence-electron chi connectivity index (χ2n) is 3.68. The van der Waals surface area contributed by atoms with E-state index in [0.29, 0.717) is 5.56 Å². The van der Waals surface area contributed by atoms with E-state index in [1.165, 1.54) is 6.07 Å². The van der Waals surface area contributed by atoms with E-state index in [9.17, 15) is 13.2 Å². The van der Waals surface area contributed by atoms with Crippen LogP contribution in [-0.2, 0) is 16.5 Å². The van der Waals surface area contributed by atoms with Gasteiger partial charge in [-0.15, -0.1) is 0 Å². The summed E-state index contributed by atoms with van der Waals surface area (Å²) in [5.41, 5.74) is 0.531. The summed E-state index contributed by atoms with van der Waals surface area (Å²) in [6.45, 7) is 0. The minimum absolute atomic E-state index is 0.0167. The first-order chi connectivity index (χ1) is 7.95. The number of rotatable bonds is 1. The summed E-state index contributed by atoms with van der Waals surface area (Å²) in [4.78, 5) is 11.9. The molecule has 1 unspecified atom stereocenters. The van der Waals surface area contributed by atoms with E-state index in [1.807, 2.05) is 0 Å². The quantitative estimate of drug-likeness (QED) is 0.432. The van der Waals surface area contributed by atoms with Crippen molar-refractivity contribution in [2.75, 3.05) is 0 Å². The van der Waals surface area contributed by atoms with Crippen LogP contribution in [0.15, 0.2) is 29.4 Å². The number of ketones is 1. The van der Waals surface area contributed by atoms with Gasteiger partial charge in [0.25, 0.3) is 10.1 Å². The Morgan fingerprint density at radius 2 is 1.94 bits per heavy atom. The van der Waals surface area contributed by atoms with Crippen LogP contribution in [0.2, 0.25) is 0 Å². The molecular weight excluding hydrogens is 246 g/mol. The molecule has 1 aromatic rings. The minimum atomic E-state index is -4.62. The van der Waals surface area contributed by atoms with Crippen LogP contribution in [0, 0.1) is 0 Å². The van der Waals surface area contributed by atoms with Crippen LogP contribution in [0.25, 0.3) is 0 Å². The van der Waals surface area contributed by atoms with Crippen molar-refractivity contribution < 1.29 is 23.0 Å². The summed E-state index contributed by atoms with van der Waals surface area (Å²) >= 11 is 0. The first-order valence-electron chi connectivity index (χ1n) is 4.74. The van der Waals surface area contributed by atoms with Gasteiger partial charge in [0.1, 0.15) is 0 Å². The van der Waals surface area contributed by atoms with E-state index in [4.69, 9.17) is 9.76 Å². The van der Waals surface area contributed by atoms with E-state index >= 15 is 0 Å². The van der Waals surface area contributed by atoms with Gasteiger partial charge < -0.3 is 5.21 Å². The molecule has 1 aliphatic carbocycles. The molecule has 0 aliphatic heterocycles. The largest absolute Gasteiger partial charge is 0.411 e. The van der Waals surface area contributed by atoms with Gasteiger partial charge >= 0.3 is 0 Å². The molecular formula is C10H9NO5S. The van der Waals surface area contributed by atoms with E-state index in [1.54, 1.807) is 18.2 Å².